The summed E-state index contributed by atoms with van der Waals surface area (Å²) in [4.78, 5) is 2.34. The number of rotatable bonds is 2. The van der Waals surface area contributed by atoms with Crippen molar-refractivity contribution in [1.82, 2.24) is 4.90 Å². The first-order valence-corrected chi connectivity index (χ1v) is 6.96. The molecule has 0 amide bonds. The third-order valence-electron chi connectivity index (χ3n) is 3.72. The zero-order valence-corrected chi connectivity index (χ0v) is 11.5. The lowest BCUT2D eigenvalue weighted by Crippen LogP contribution is -2.39. The smallest absolute Gasteiger partial charge is 0.124 e. The molecule has 0 radical (unpaired) electrons. The highest BCUT2D eigenvalue weighted by molar-refractivity contribution is 6.31. The van der Waals surface area contributed by atoms with Gasteiger partial charge in [-0.15, -0.1) is 0 Å². The molecule has 0 spiro atoms. The second-order valence-electron chi connectivity index (χ2n) is 4.90. The Labute approximate surface area is 113 Å². The van der Waals surface area contributed by atoms with E-state index in [4.69, 9.17) is 17.3 Å². The molecule has 100 valence electrons. The summed E-state index contributed by atoms with van der Waals surface area (Å²) >= 11 is 6.18. The fourth-order valence-electron chi connectivity index (χ4n) is 2.79. The van der Waals surface area contributed by atoms with Crippen molar-refractivity contribution < 1.29 is 4.39 Å². The van der Waals surface area contributed by atoms with Gasteiger partial charge in [-0.1, -0.05) is 31.0 Å². The van der Waals surface area contributed by atoms with Crippen molar-refractivity contribution in [3.8, 4) is 0 Å². The number of benzene rings is 1. The molecule has 2 atom stereocenters. The molecule has 1 heterocycles. The van der Waals surface area contributed by atoms with Gasteiger partial charge in [-0.2, -0.15) is 0 Å². The molecule has 2 nitrogen and oxygen atoms in total. The van der Waals surface area contributed by atoms with Gasteiger partial charge in [0.05, 0.1) is 6.04 Å². The molecule has 2 unspecified atom stereocenters. The number of nitrogens with zero attached hydrogens (tertiary/aromatic N) is 1. The van der Waals surface area contributed by atoms with E-state index in [1.165, 1.54) is 12.1 Å². The average Bonchev–Trinajstić information content (AvgIpc) is 2.51. The van der Waals surface area contributed by atoms with Gasteiger partial charge in [0, 0.05) is 11.1 Å². The van der Waals surface area contributed by atoms with Crippen LogP contribution in [0.1, 0.15) is 37.8 Å². The lowest BCUT2D eigenvalue weighted by atomic mass is 9.96. The normalized spacial score (nSPS) is 26.0. The third-order valence-corrected chi connectivity index (χ3v) is 4.05. The largest absolute Gasteiger partial charge is 0.326 e. The number of hydrogen-bond acceptors (Lipinski definition) is 2. The van der Waals surface area contributed by atoms with Crippen LogP contribution in [0.5, 0.6) is 0 Å². The Morgan fingerprint density at radius 3 is 2.89 bits per heavy atom. The molecule has 1 aliphatic rings. The zero-order valence-electron chi connectivity index (χ0n) is 10.7. The number of likely N-dealkylation sites (N-methyl/N-ethyl adjacent to an activating group) is 1. The second kappa shape index (κ2) is 6.00. The fraction of sp³-hybridized carbons (Fsp3) is 0.571. The Hall–Kier alpha value is -0.640. The Kier molecular flexibility index (Phi) is 4.60. The summed E-state index contributed by atoms with van der Waals surface area (Å²) in [6.45, 7) is 4.09. The van der Waals surface area contributed by atoms with Crippen molar-refractivity contribution in [2.75, 3.05) is 13.1 Å². The summed E-state index contributed by atoms with van der Waals surface area (Å²) < 4.78 is 13.1. The summed E-state index contributed by atoms with van der Waals surface area (Å²) in [7, 11) is 0. The van der Waals surface area contributed by atoms with Crippen molar-refractivity contribution in [2.24, 2.45) is 5.73 Å². The van der Waals surface area contributed by atoms with Crippen LogP contribution in [0.2, 0.25) is 5.02 Å². The highest BCUT2D eigenvalue weighted by atomic mass is 35.5. The standard InChI is InChI=1S/C14H20ClFN2/c1-2-18-8-4-3-5-13(17)14(18)11-7-6-10(16)9-12(11)15/h6-7,9,13-14H,2-5,8,17H2,1H3. The SMILES string of the molecule is CCN1CCCCC(N)C1c1ccc(F)cc1Cl. The third kappa shape index (κ3) is 2.85. The predicted octanol–water partition coefficient (Wildman–Crippen LogP) is 3.35. The van der Waals surface area contributed by atoms with Crippen LogP contribution in [0.4, 0.5) is 4.39 Å². The topological polar surface area (TPSA) is 29.3 Å². The molecule has 4 heteroatoms. The van der Waals surface area contributed by atoms with E-state index >= 15 is 0 Å². The van der Waals surface area contributed by atoms with Crippen molar-refractivity contribution in [2.45, 2.75) is 38.3 Å². The van der Waals surface area contributed by atoms with E-state index < -0.39 is 0 Å². The van der Waals surface area contributed by atoms with Crippen LogP contribution in [-0.2, 0) is 0 Å². The first-order chi connectivity index (χ1) is 8.63. The molecule has 1 aliphatic heterocycles. The summed E-state index contributed by atoms with van der Waals surface area (Å²) in [5, 5.41) is 0.482. The number of nitrogens with two attached hydrogens (primary N) is 1. The van der Waals surface area contributed by atoms with Gasteiger partial charge in [-0.3, -0.25) is 4.90 Å². The molecule has 0 aliphatic carbocycles. The number of hydrogen-bond donors (Lipinski definition) is 1. The van der Waals surface area contributed by atoms with Crippen LogP contribution >= 0.6 is 11.6 Å². The summed E-state index contributed by atoms with van der Waals surface area (Å²) in [6.07, 6.45) is 3.30. The quantitative estimate of drug-likeness (QED) is 0.893. The van der Waals surface area contributed by atoms with Crippen LogP contribution in [0.15, 0.2) is 18.2 Å². The van der Waals surface area contributed by atoms with Gasteiger partial charge in [0.2, 0.25) is 0 Å². The average molecular weight is 271 g/mol. The van der Waals surface area contributed by atoms with Crippen LogP contribution in [0.3, 0.4) is 0 Å². The monoisotopic (exact) mass is 270 g/mol. The molecule has 18 heavy (non-hydrogen) atoms. The molecule has 1 saturated heterocycles. The maximum Gasteiger partial charge on any atom is 0.124 e. The van der Waals surface area contributed by atoms with Crippen molar-refractivity contribution >= 4 is 11.6 Å². The lowest BCUT2D eigenvalue weighted by molar-refractivity contribution is 0.195. The Balaban J connectivity index is 2.36. The molecule has 1 fully saturated rings. The molecular weight excluding hydrogens is 251 g/mol. The van der Waals surface area contributed by atoms with E-state index in [1.54, 1.807) is 6.07 Å². The van der Waals surface area contributed by atoms with Crippen LogP contribution in [-0.4, -0.2) is 24.0 Å². The number of halogens is 2. The summed E-state index contributed by atoms with van der Waals surface area (Å²) in [6, 6.07) is 4.78. The highest BCUT2D eigenvalue weighted by Crippen LogP contribution is 2.33. The second-order valence-corrected chi connectivity index (χ2v) is 5.31. The van der Waals surface area contributed by atoms with Gasteiger partial charge < -0.3 is 5.73 Å². The van der Waals surface area contributed by atoms with E-state index in [9.17, 15) is 4.39 Å². The summed E-state index contributed by atoms with van der Waals surface area (Å²) in [5.74, 6) is -0.297. The molecular formula is C14H20ClFN2. The maximum atomic E-state index is 13.1. The van der Waals surface area contributed by atoms with Crippen LogP contribution < -0.4 is 5.73 Å². The first-order valence-electron chi connectivity index (χ1n) is 6.58. The van der Waals surface area contributed by atoms with Gasteiger partial charge in [0.25, 0.3) is 0 Å². The zero-order chi connectivity index (χ0) is 13.1. The molecule has 0 saturated carbocycles. The Morgan fingerprint density at radius 2 is 2.22 bits per heavy atom. The van der Waals surface area contributed by atoms with Gasteiger partial charge in [-0.25, -0.2) is 4.39 Å². The fourth-order valence-corrected chi connectivity index (χ4v) is 3.07. The van der Waals surface area contributed by atoms with E-state index in [0.717, 1.165) is 37.9 Å². The Bertz CT molecular complexity index is 411. The molecule has 1 aromatic carbocycles. The number of likely N-dealkylation sites (tertiary alicyclic amines) is 1. The van der Waals surface area contributed by atoms with Gasteiger partial charge in [0.15, 0.2) is 0 Å². The van der Waals surface area contributed by atoms with Crippen molar-refractivity contribution in [1.29, 1.82) is 0 Å². The van der Waals surface area contributed by atoms with Gasteiger partial charge in [-0.05, 0) is 43.6 Å². The predicted molar refractivity (Wildman–Crippen MR) is 73.2 cm³/mol. The maximum absolute atomic E-state index is 13.1. The van der Waals surface area contributed by atoms with Crippen LogP contribution in [0.25, 0.3) is 0 Å². The first kappa shape index (κ1) is 13.8. The van der Waals surface area contributed by atoms with E-state index in [0.29, 0.717) is 5.02 Å². The molecule has 1 aromatic rings. The van der Waals surface area contributed by atoms with Gasteiger partial charge >= 0.3 is 0 Å². The minimum absolute atomic E-state index is 0.0652. The summed E-state index contributed by atoms with van der Waals surface area (Å²) in [5.41, 5.74) is 7.24. The van der Waals surface area contributed by atoms with Crippen LogP contribution in [0, 0.1) is 5.82 Å². The lowest BCUT2D eigenvalue weighted by Gasteiger charge is -2.33. The Morgan fingerprint density at radius 1 is 1.44 bits per heavy atom. The molecule has 0 aromatic heterocycles. The molecule has 2 N–H and O–H groups in total. The van der Waals surface area contributed by atoms with E-state index in [-0.39, 0.29) is 17.9 Å². The minimum atomic E-state index is -0.297. The van der Waals surface area contributed by atoms with Crippen molar-refractivity contribution in [3.63, 3.8) is 0 Å². The van der Waals surface area contributed by atoms with Crippen molar-refractivity contribution in [3.05, 3.63) is 34.6 Å². The van der Waals surface area contributed by atoms with Gasteiger partial charge in [0.1, 0.15) is 5.82 Å². The highest BCUT2D eigenvalue weighted by Gasteiger charge is 2.29. The minimum Gasteiger partial charge on any atom is -0.326 e. The molecule has 2 rings (SSSR count). The molecule has 0 bridgehead atoms. The van der Waals surface area contributed by atoms with E-state index in [1.807, 2.05) is 0 Å². The van der Waals surface area contributed by atoms with E-state index in [2.05, 4.69) is 11.8 Å².